The largest absolute Gasteiger partial charge is 0.0885 e. The molecule has 10 heavy (non-hydrogen) atoms. The van der Waals surface area contributed by atoms with Crippen LogP contribution in [0.25, 0.3) is 0 Å². The van der Waals surface area contributed by atoms with E-state index in [1.165, 1.54) is 0 Å². The predicted molar refractivity (Wildman–Crippen MR) is 48.0 cm³/mol. The molecule has 0 saturated carbocycles. The second-order valence-corrected chi connectivity index (χ2v) is 2.79. The fourth-order valence-electron chi connectivity index (χ4n) is 0.692. The summed E-state index contributed by atoms with van der Waals surface area (Å²) in [5.74, 6) is 0.690. The molecule has 0 radical (unpaired) electrons. The number of hydrogen-bond acceptors (Lipinski definition) is 0. The van der Waals surface area contributed by atoms with Crippen molar-refractivity contribution in [2.45, 2.75) is 33.6 Å². The van der Waals surface area contributed by atoms with Crippen molar-refractivity contribution in [1.29, 1.82) is 0 Å². The molecule has 0 unspecified atom stereocenters. The van der Waals surface area contributed by atoms with Crippen LogP contribution in [0.4, 0.5) is 0 Å². The van der Waals surface area contributed by atoms with Crippen molar-refractivity contribution < 1.29 is 0 Å². The third-order valence-corrected chi connectivity index (χ3v) is 1.20. The highest BCUT2D eigenvalue weighted by atomic mass is 13.9. The van der Waals surface area contributed by atoms with Gasteiger partial charge in [0.25, 0.3) is 0 Å². The van der Waals surface area contributed by atoms with Gasteiger partial charge in [0.2, 0.25) is 0 Å². The normalized spacial score (nSPS) is 12.4. The van der Waals surface area contributed by atoms with Gasteiger partial charge in [0.05, 0.1) is 0 Å². The molecule has 0 fully saturated rings. The molecule has 0 N–H and O–H groups in total. The quantitative estimate of drug-likeness (QED) is 0.521. The molecular weight excluding hydrogens is 120 g/mol. The molecule has 0 aliphatic carbocycles. The summed E-state index contributed by atoms with van der Waals surface area (Å²) < 4.78 is 0. The summed E-state index contributed by atoms with van der Waals surface area (Å²) >= 11 is 0. The highest BCUT2D eigenvalue weighted by molar-refractivity contribution is 4.93. The molecule has 0 amide bonds. The highest BCUT2D eigenvalue weighted by Crippen LogP contribution is 1.96. The smallest absolute Gasteiger partial charge is 0.0169 e. The maximum atomic E-state index is 2.24. The summed E-state index contributed by atoms with van der Waals surface area (Å²) in [6.07, 6.45) is 11.1. The van der Waals surface area contributed by atoms with Crippen LogP contribution in [0, 0.1) is 5.92 Å². The summed E-state index contributed by atoms with van der Waals surface area (Å²) in [5.41, 5.74) is 0. The van der Waals surface area contributed by atoms with Gasteiger partial charge < -0.3 is 0 Å². The van der Waals surface area contributed by atoms with Gasteiger partial charge in [0.1, 0.15) is 0 Å². The lowest BCUT2D eigenvalue weighted by Gasteiger charge is -1.90. The standard InChI is InChI=1S/C10H18/c1-4-5-6-7-8-9-10(2)3/h5-6,8-10H,4,7H2,1-3H3. The first-order valence-electron chi connectivity index (χ1n) is 4.09. The Morgan fingerprint density at radius 3 is 2.30 bits per heavy atom. The first kappa shape index (κ1) is 9.48. The van der Waals surface area contributed by atoms with Gasteiger partial charge in [-0.2, -0.15) is 0 Å². The Hall–Kier alpha value is -0.520. The average Bonchev–Trinajstić information content (AvgIpc) is 1.87. The molecule has 0 aromatic carbocycles. The summed E-state index contributed by atoms with van der Waals surface area (Å²) in [6.45, 7) is 6.54. The Morgan fingerprint density at radius 1 is 1.10 bits per heavy atom. The monoisotopic (exact) mass is 138 g/mol. The van der Waals surface area contributed by atoms with Crippen LogP contribution >= 0.6 is 0 Å². The van der Waals surface area contributed by atoms with E-state index in [0.29, 0.717) is 5.92 Å². The zero-order valence-electron chi connectivity index (χ0n) is 7.30. The topological polar surface area (TPSA) is 0 Å². The Balaban J connectivity index is 3.26. The second-order valence-electron chi connectivity index (χ2n) is 2.79. The molecular formula is C10H18. The van der Waals surface area contributed by atoms with Gasteiger partial charge in [-0.15, -0.1) is 0 Å². The van der Waals surface area contributed by atoms with E-state index in [0.717, 1.165) is 12.8 Å². The van der Waals surface area contributed by atoms with Crippen LogP contribution in [0.5, 0.6) is 0 Å². The van der Waals surface area contributed by atoms with Crippen molar-refractivity contribution >= 4 is 0 Å². The third kappa shape index (κ3) is 7.48. The maximum Gasteiger partial charge on any atom is -0.0169 e. The van der Waals surface area contributed by atoms with Crippen LogP contribution in [0.15, 0.2) is 24.3 Å². The van der Waals surface area contributed by atoms with Gasteiger partial charge in [-0.25, -0.2) is 0 Å². The fourth-order valence-corrected chi connectivity index (χ4v) is 0.692. The molecule has 58 valence electrons. The molecule has 0 heteroatoms. The molecule has 0 spiro atoms. The summed E-state index contributed by atoms with van der Waals surface area (Å²) in [4.78, 5) is 0. The van der Waals surface area contributed by atoms with E-state index in [1.807, 2.05) is 0 Å². The Labute approximate surface area is 64.6 Å². The number of rotatable bonds is 4. The van der Waals surface area contributed by atoms with Crippen molar-refractivity contribution in [3.8, 4) is 0 Å². The summed E-state index contributed by atoms with van der Waals surface area (Å²) in [7, 11) is 0. The zero-order valence-corrected chi connectivity index (χ0v) is 7.30. The fraction of sp³-hybridized carbons (Fsp3) is 0.600. The van der Waals surface area contributed by atoms with Gasteiger partial charge in [-0.1, -0.05) is 45.1 Å². The molecule has 0 aliphatic heterocycles. The summed E-state index contributed by atoms with van der Waals surface area (Å²) in [5, 5.41) is 0. The van der Waals surface area contributed by atoms with E-state index in [4.69, 9.17) is 0 Å². The molecule has 0 aromatic heterocycles. The van der Waals surface area contributed by atoms with Crippen LogP contribution in [-0.4, -0.2) is 0 Å². The minimum atomic E-state index is 0.690. The molecule has 0 saturated heterocycles. The minimum absolute atomic E-state index is 0.690. The Bertz CT molecular complexity index is 107. The molecule has 0 atom stereocenters. The molecule has 0 nitrogen and oxygen atoms in total. The van der Waals surface area contributed by atoms with Crippen LogP contribution in [0.1, 0.15) is 33.6 Å². The van der Waals surface area contributed by atoms with Crippen LogP contribution in [-0.2, 0) is 0 Å². The van der Waals surface area contributed by atoms with Gasteiger partial charge in [0.15, 0.2) is 0 Å². The Morgan fingerprint density at radius 2 is 1.80 bits per heavy atom. The molecule has 0 heterocycles. The lowest BCUT2D eigenvalue weighted by atomic mass is 10.2. The van der Waals surface area contributed by atoms with Crippen molar-refractivity contribution in [1.82, 2.24) is 0 Å². The number of hydrogen-bond donors (Lipinski definition) is 0. The van der Waals surface area contributed by atoms with Gasteiger partial charge in [-0.05, 0) is 18.8 Å². The van der Waals surface area contributed by atoms with Crippen LogP contribution < -0.4 is 0 Å². The van der Waals surface area contributed by atoms with Crippen molar-refractivity contribution in [2.75, 3.05) is 0 Å². The number of allylic oxidation sites excluding steroid dienone is 4. The minimum Gasteiger partial charge on any atom is -0.0885 e. The SMILES string of the molecule is CCC=CCC=CC(C)C. The van der Waals surface area contributed by atoms with Crippen LogP contribution in [0.2, 0.25) is 0 Å². The molecule has 0 aromatic rings. The maximum absolute atomic E-state index is 2.24. The van der Waals surface area contributed by atoms with Crippen molar-refractivity contribution in [2.24, 2.45) is 5.92 Å². The van der Waals surface area contributed by atoms with E-state index in [9.17, 15) is 0 Å². The molecule has 0 aliphatic rings. The van der Waals surface area contributed by atoms with Crippen molar-refractivity contribution in [3.63, 3.8) is 0 Å². The van der Waals surface area contributed by atoms with Crippen LogP contribution in [0.3, 0.4) is 0 Å². The third-order valence-electron chi connectivity index (χ3n) is 1.20. The van der Waals surface area contributed by atoms with E-state index in [-0.39, 0.29) is 0 Å². The second kappa shape index (κ2) is 6.60. The highest BCUT2D eigenvalue weighted by Gasteiger charge is 1.79. The average molecular weight is 138 g/mol. The lowest BCUT2D eigenvalue weighted by molar-refractivity contribution is 0.828. The lowest BCUT2D eigenvalue weighted by Crippen LogP contribution is -1.75. The van der Waals surface area contributed by atoms with E-state index in [1.54, 1.807) is 0 Å². The van der Waals surface area contributed by atoms with Crippen molar-refractivity contribution in [3.05, 3.63) is 24.3 Å². The van der Waals surface area contributed by atoms with Gasteiger partial charge >= 0.3 is 0 Å². The Kier molecular flexibility index (Phi) is 6.25. The van der Waals surface area contributed by atoms with E-state index in [2.05, 4.69) is 45.1 Å². The molecule has 0 rings (SSSR count). The first-order chi connectivity index (χ1) is 4.77. The van der Waals surface area contributed by atoms with E-state index < -0.39 is 0 Å². The first-order valence-corrected chi connectivity index (χ1v) is 4.09. The summed E-state index contributed by atoms with van der Waals surface area (Å²) in [6, 6.07) is 0. The predicted octanol–water partition coefficient (Wildman–Crippen LogP) is 3.55. The van der Waals surface area contributed by atoms with Gasteiger partial charge in [0, 0.05) is 0 Å². The molecule has 0 bridgehead atoms. The van der Waals surface area contributed by atoms with E-state index >= 15 is 0 Å². The zero-order chi connectivity index (χ0) is 7.82. The van der Waals surface area contributed by atoms with Gasteiger partial charge in [-0.3, -0.25) is 0 Å².